The lowest BCUT2D eigenvalue weighted by Gasteiger charge is -2.09. The van der Waals surface area contributed by atoms with Crippen LogP contribution in [0.3, 0.4) is 0 Å². The number of benzene rings is 2. The second kappa shape index (κ2) is 4.17. The Morgan fingerprint density at radius 3 is 2.24 bits per heavy atom. The Kier molecular flexibility index (Phi) is 2.70. The number of phenolic OH excluding ortho intramolecular Hbond substituents is 1. The van der Waals surface area contributed by atoms with Crippen LogP contribution in [0.4, 0.5) is 0 Å². The highest BCUT2D eigenvalue weighted by molar-refractivity contribution is 5.99. The van der Waals surface area contributed by atoms with Crippen molar-refractivity contribution in [2.45, 2.75) is 0 Å². The Hall–Kier alpha value is -2.49. The first-order valence-electron chi connectivity index (χ1n) is 4.94. The van der Waals surface area contributed by atoms with Crippen molar-refractivity contribution < 1.29 is 20.1 Å². The van der Waals surface area contributed by atoms with Crippen molar-refractivity contribution in [1.29, 1.82) is 0 Å². The van der Waals surface area contributed by atoms with Crippen molar-refractivity contribution in [3.05, 3.63) is 48.0 Å². The van der Waals surface area contributed by atoms with Crippen LogP contribution in [0.2, 0.25) is 0 Å². The van der Waals surface area contributed by atoms with Gasteiger partial charge >= 0.3 is 5.97 Å². The fourth-order valence-corrected chi connectivity index (χ4v) is 1.68. The van der Waals surface area contributed by atoms with E-state index in [9.17, 15) is 15.0 Å². The molecule has 2 aromatic carbocycles. The summed E-state index contributed by atoms with van der Waals surface area (Å²) in [6.45, 7) is 0. The highest BCUT2D eigenvalue weighted by atomic mass is 16.4. The molecule has 0 heterocycles. The van der Waals surface area contributed by atoms with Crippen LogP contribution in [-0.2, 0) is 0 Å². The third-order valence-electron chi connectivity index (χ3n) is 2.40. The zero-order valence-corrected chi connectivity index (χ0v) is 8.79. The molecule has 0 unspecified atom stereocenters. The van der Waals surface area contributed by atoms with Gasteiger partial charge in [-0.1, -0.05) is 30.3 Å². The standard InChI is InChI=1S/C13H10O4/c14-9-6-10(8-4-2-1-3-5-8)12(13(16)17)11(15)7-9/h1-7,14-15H,(H,16,17). The van der Waals surface area contributed by atoms with Gasteiger partial charge in [0, 0.05) is 11.6 Å². The summed E-state index contributed by atoms with van der Waals surface area (Å²) in [5.41, 5.74) is 0.695. The van der Waals surface area contributed by atoms with Crippen molar-refractivity contribution in [1.82, 2.24) is 0 Å². The molecule has 0 bridgehead atoms. The van der Waals surface area contributed by atoms with Gasteiger partial charge in [0.05, 0.1) is 0 Å². The van der Waals surface area contributed by atoms with Crippen molar-refractivity contribution in [2.24, 2.45) is 0 Å². The molecular formula is C13H10O4. The average molecular weight is 230 g/mol. The smallest absolute Gasteiger partial charge is 0.340 e. The maximum absolute atomic E-state index is 11.1. The minimum absolute atomic E-state index is 0.175. The number of hydrogen-bond acceptors (Lipinski definition) is 3. The summed E-state index contributed by atoms with van der Waals surface area (Å²) in [6.07, 6.45) is 0. The summed E-state index contributed by atoms with van der Waals surface area (Å²) >= 11 is 0. The molecule has 86 valence electrons. The molecule has 0 aliphatic heterocycles. The SMILES string of the molecule is O=C(O)c1c(O)cc(O)cc1-c1ccccc1. The van der Waals surface area contributed by atoms with Gasteiger partial charge in [-0.05, 0) is 11.6 Å². The average Bonchev–Trinajstić information content (AvgIpc) is 2.28. The van der Waals surface area contributed by atoms with E-state index in [1.54, 1.807) is 30.3 Å². The van der Waals surface area contributed by atoms with Gasteiger partial charge in [-0.15, -0.1) is 0 Å². The van der Waals surface area contributed by atoms with Gasteiger partial charge in [-0.3, -0.25) is 0 Å². The summed E-state index contributed by atoms with van der Waals surface area (Å²) in [6, 6.07) is 11.0. The highest BCUT2D eigenvalue weighted by Crippen LogP contribution is 2.34. The molecule has 17 heavy (non-hydrogen) atoms. The molecule has 0 aliphatic rings. The normalized spacial score (nSPS) is 10.1. The fourth-order valence-electron chi connectivity index (χ4n) is 1.68. The quantitative estimate of drug-likeness (QED) is 0.740. The number of rotatable bonds is 2. The van der Waals surface area contributed by atoms with Gasteiger partial charge in [0.1, 0.15) is 17.1 Å². The van der Waals surface area contributed by atoms with E-state index in [0.29, 0.717) is 5.56 Å². The number of carboxylic acids is 1. The first-order chi connectivity index (χ1) is 8.09. The highest BCUT2D eigenvalue weighted by Gasteiger charge is 2.17. The number of carboxylic acid groups (broad SMARTS) is 1. The molecule has 0 amide bonds. The van der Waals surface area contributed by atoms with Crippen LogP contribution in [0.25, 0.3) is 11.1 Å². The van der Waals surface area contributed by atoms with Crippen LogP contribution in [0, 0.1) is 0 Å². The number of aromatic carboxylic acids is 1. The van der Waals surface area contributed by atoms with E-state index in [1.807, 2.05) is 0 Å². The van der Waals surface area contributed by atoms with E-state index in [0.717, 1.165) is 6.07 Å². The van der Waals surface area contributed by atoms with Gasteiger partial charge < -0.3 is 15.3 Å². The monoisotopic (exact) mass is 230 g/mol. The van der Waals surface area contributed by atoms with Crippen LogP contribution < -0.4 is 0 Å². The first kappa shape index (κ1) is 11.0. The van der Waals surface area contributed by atoms with E-state index < -0.39 is 11.7 Å². The topological polar surface area (TPSA) is 77.8 Å². The Bertz CT molecular complexity index is 561. The molecule has 0 aromatic heterocycles. The maximum atomic E-state index is 11.1. The summed E-state index contributed by atoms with van der Waals surface area (Å²) in [5, 5.41) is 28.0. The van der Waals surface area contributed by atoms with E-state index in [4.69, 9.17) is 5.11 Å². The van der Waals surface area contributed by atoms with Crippen molar-refractivity contribution in [2.75, 3.05) is 0 Å². The summed E-state index contributed by atoms with van der Waals surface area (Å²) < 4.78 is 0. The van der Waals surface area contributed by atoms with Crippen LogP contribution in [0.5, 0.6) is 11.5 Å². The Morgan fingerprint density at radius 2 is 1.65 bits per heavy atom. The van der Waals surface area contributed by atoms with Gasteiger partial charge in [0.25, 0.3) is 0 Å². The fraction of sp³-hybridized carbons (Fsp3) is 0. The lowest BCUT2D eigenvalue weighted by Crippen LogP contribution is -2.00. The molecule has 0 aliphatic carbocycles. The summed E-state index contributed by atoms with van der Waals surface area (Å²) in [7, 11) is 0. The van der Waals surface area contributed by atoms with E-state index >= 15 is 0 Å². The minimum atomic E-state index is -1.23. The maximum Gasteiger partial charge on any atom is 0.340 e. The van der Waals surface area contributed by atoms with E-state index in [2.05, 4.69) is 0 Å². The van der Waals surface area contributed by atoms with Crippen LogP contribution >= 0.6 is 0 Å². The molecule has 0 atom stereocenters. The zero-order chi connectivity index (χ0) is 12.4. The third-order valence-corrected chi connectivity index (χ3v) is 2.40. The lowest BCUT2D eigenvalue weighted by atomic mass is 9.98. The summed E-state index contributed by atoms with van der Waals surface area (Å²) in [5.74, 6) is -1.86. The number of carbonyl (C=O) groups is 1. The van der Waals surface area contributed by atoms with Gasteiger partial charge in [-0.2, -0.15) is 0 Å². The zero-order valence-electron chi connectivity index (χ0n) is 8.79. The van der Waals surface area contributed by atoms with E-state index in [-0.39, 0.29) is 16.9 Å². The molecule has 3 N–H and O–H groups in total. The molecule has 2 rings (SSSR count). The predicted octanol–water partition coefficient (Wildman–Crippen LogP) is 2.46. The van der Waals surface area contributed by atoms with Crippen LogP contribution in [0.1, 0.15) is 10.4 Å². The molecule has 0 spiro atoms. The summed E-state index contributed by atoms with van der Waals surface area (Å²) in [4.78, 5) is 11.1. The molecule has 0 radical (unpaired) electrons. The lowest BCUT2D eigenvalue weighted by molar-refractivity contribution is 0.0694. The van der Waals surface area contributed by atoms with Crippen molar-refractivity contribution in [3.8, 4) is 22.6 Å². The van der Waals surface area contributed by atoms with Crippen LogP contribution in [-0.4, -0.2) is 21.3 Å². The first-order valence-corrected chi connectivity index (χ1v) is 4.94. The second-order valence-electron chi connectivity index (χ2n) is 3.56. The largest absolute Gasteiger partial charge is 0.508 e. The minimum Gasteiger partial charge on any atom is -0.508 e. The second-order valence-corrected chi connectivity index (χ2v) is 3.56. The molecule has 2 aromatic rings. The molecule has 0 saturated carbocycles. The molecule has 0 saturated heterocycles. The molecular weight excluding hydrogens is 220 g/mol. The number of hydrogen-bond donors (Lipinski definition) is 3. The number of phenols is 2. The Balaban J connectivity index is 2.72. The predicted molar refractivity (Wildman–Crippen MR) is 62.2 cm³/mol. The Morgan fingerprint density at radius 1 is 1.00 bits per heavy atom. The van der Waals surface area contributed by atoms with Gasteiger partial charge in [0.2, 0.25) is 0 Å². The van der Waals surface area contributed by atoms with Gasteiger partial charge in [-0.25, -0.2) is 4.79 Å². The number of aromatic hydroxyl groups is 2. The molecule has 4 heteroatoms. The van der Waals surface area contributed by atoms with E-state index in [1.165, 1.54) is 6.07 Å². The molecule has 4 nitrogen and oxygen atoms in total. The van der Waals surface area contributed by atoms with Crippen molar-refractivity contribution >= 4 is 5.97 Å². The third kappa shape index (κ3) is 2.06. The van der Waals surface area contributed by atoms with Crippen molar-refractivity contribution in [3.63, 3.8) is 0 Å². The molecule has 0 fully saturated rings. The Labute approximate surface area is 97.4 Å². The van der Waals surface area contributed by atoms with Gasteiger partial charge in [0.15, 0.2) is 0 Å². The van der Waals surface area contributed by atoms with Crippen LogP contribution in [0.15, 0.2) is 42.5 Å².